The molecule has 115 heavy (non-hydrogen) atoms. The molecule has 1 fully saturated rings. The highest BCUT2D eigenvalue weighted by Crippen LogP contribution is 2.52. The number of para-hydroxylation sites is 3. The van der Waals surface area contributed by atoms with Crippen LogP contribution in [0.4, 0.5) is 102 Å². The number of anilines is 18. The molecular formula is C109H106N6. The number of nitrogens with zero attached hydrogens (tertiary/aromatic N) is 6. The molecule has 6 nitrogen and oxygen atoms in total. The predicted octanol–water partition coefficient (Wildman–Crippen LogP) is 31.5. The van der Waals surface area contributed by atoms with Gasteiger partial charge >= 0.3 is 0 Å². The lowest BCUT2D eigenvalue weighted by atomic mass is 9.65. The first-order valence-corrected chi connectivity index (χ1v) is 40.8. The van der Waals surface area contributed by atoms with E-state index in [2.05, 4.69) is 465 Å². The fourth-order valence-electron chi connectivity index (χ4n) is 16.9. The summed E-state index contributed by atoms with van der Waals surface area (Å²) in [6.07, 6.45) is 6.15. The average molecular weight is 1500 g/mol. The molecule has 0 N–H and O–H groups in total. The van der Waals surface area contributed by atoms with Crippen molar-refractivity contribution in [3.63, 3.8) is 0 Å². The van der Waals surface area contributed by atoms with Crippen molar-refractivity contribution >= 4 is 102 Å². The molecule has 16 rings (SSSR count). The molecule has 0 amide bonds. The summed E-state index contributed by atoms with van der Waals surface area (Å²) in [6, 6.07) is 127. The molecule has 0 radical (unpaired) electrons. The van der Waals surface area contributed by atoms with Crippen molar-refractivity contribution in [2.75, 3.05) is 29.4 Å². The molecule has 0 unspecified atom stereocenters. The summed E-state index contributed by atoms with van der Waals surface area (Å²) in [4.78, 5) is 14.4. The van der Waals surface area contributed by atoms with E-state index in [1.165, 1.54) is 150 Å². The summed E-state index contributed by atoms with van der Waals surface area (Å²) in [6.45, 7) is 28.6. The first kappa shape index (κ1) is 77.4. The number of rotatable bonds is 20. The van der Waals surface area contributed by atoms with Crippen molar-refractivity contribution in [3.05, 3.63) is 429 Å². The van der Waals surface area contributed by atoms with Gasteiger partial charge in [0.2, 0.25) is 0 Å². The van der Waals surface area contributed by atoms with E-state index >= 15 is 0 Å². The number of hydrogen-bond donors (Lipinski definition) is 0. The fourth-order valence-corrected chi connectivity index (χ4v) is 16.9. The van der Waals surface area contributed by atoms with E-state index in [1.54, 1.807) is 0 Å². The second-order valence-electron chi connectivity index (χ2n) is 31.9. The largest absolute Gasteiger partial charge is 0.311 e. The van der Waals surface area contributed by atoms with Crippen molar-refractivity contribution < 1.29 is 0 Å². The third kappa shape index (κ3) is 16.8. The Morgan fingerprint density at radius 2 is 0.374 bits per heavy atom. The summed E-state index contributed by atoms with van der Waals surface area (Å²) in [5.74, 6) is 0. The number of aryl methyl sites for hydroxylation is 13. The van der Waals surface area contributed by atoms with Crippen molar-refractivity contribution in [2.24, 2.45) is 0 Å². The first-order chi connectivity index (χ1) is 55.8. The van der Waals surface area contributed by atoms with Crippen LogP contribution in [0.25, 0.3) is 0 Å². The van der Waals surface area contributed by atoms with Crippen LogP contribution in [-0.2, 0) is 5.41 Å². The first-order valence-electron chi connectivity index (χ1n) is 40.8. The zero-order valence-electron chi connectivity index (χ0n) is 69.1. The van der Waals surface area contributed by atoms with Crippen molar-refractivity contribution in [3.8, 4) is 0 Å². The molecule has 1 saturated carbocycles. The predicted molar refractivity (Wildman–Crippen MR) is 493 cm³/mol. The second kappa shape index (κ2) is 34.2. The lowest BCUT2D eigenvalue weighted by molar-refractivity contribution is 0.346. The molecule has 15 aromatic carbocycles. The molecule has 0 heterocycles. The van der Waals surface area contributed by atoms with Crippen LogP contribution >= 0.6 is 0 Å². The molecule has 0 aromatic heterocycles. The van der Waals surface area contributed by atoms with Gasteiger partial charge < -0.3 is 29.4 Å². The van der Waals surface area contributed by atoms with E-state index in [1.807, 2.05) is 0 Å². The number of benzene rings is 15. The van der Waals surface area contributed by atoms with Gasteiger partial charge in [0.25, 0.3) is 0 Å². The maximum Gasteiger partial charge on any atom is 0.0495 e. The Kier molecular flexibility index (Phi) is 23.0. The minimum Gasteiger partial charge on any atom is -0.311 e. The quantitative estimate of drug-likeness (QED) is 0.0752. The Morgan fingerprint density at radius 1 is 0.165 bits per heavy atom. The molecule has 1 aliphatic rings. The van der Waals surface area contributed by atoms with Gasteiger partial charge in [-0.3, -0.25) is 0 Å². The zero-order valence-corrected chi connectivity index (χ0v) is 69.1. The van der Waals surface area contributed by atoms with Crippen LogP contribution in [-0.4, -0.2) is 0 Å². The number of hydrogen-bond acceptors (Lipinski definition) is 6. The van der Waals surface area contributed by atoms with Gasteiger partial charge in [-0.15, -0.1) is 0 Å². The molecule has 0 spiro atoms. The third-order valence-corrected chi connectivity index (χ3v) is 23.0. The van der Waals surface area contributed by atoms with Gasteiger partial charge in [0.05, 0.1) is 0 Å². The molecule has 0 aliphatic heterocycles. The van der Waals surface area contributed by atoms with Gasteiger partial charge in [-0.1, -0.05) is 205 Å². The van der Waals surface area contributed by atoms with E-state index in [0.717, 1.165) is 68.2 Å². The maximum atomic E-state index is 2.52. The topological polar surface area (TPSA) is 19.4 Å². The van der Waals surface area contributed by atoms with E-state index in [0.29, 0.717) is 0 Å². The van der Waals surface area contributed by atoms with Gasteiger partial charge in [0.1, 0.15) is 0 Å². The second-order valence-corrected chi connectivity index (χ2v) is 31.9. The van der Waals surface area contributed by atoms with E-state index in [-0.39, 0.29) is 5.41 Å². The Bertz CT molecular complexity index is 5260. The monoisotopic (exact) mass is 1500 g/mol. The Morgan fingerprint density at radius 3 is 0.609 bits per heavy atom. The molecule has 0 atom stereocenters. The lowest BCUT2D eigenvalue weighted by Gasteiger charge is -2.39. The summed E-state index contributed by atoms with van der Waals surface area (Å²) in [7, 11) is 0. The molecule has 572 valence electrons. The maximum absolute atomic E-state index is 2.52. The molecule has 6 heteroatoms. The third-order valence-electron chi connectivity index (χ3n) is 23.0. The molecule has 1 aliphatic carbocycles. The SMILES string of the molecule is Cc1ccc(N(c2ccc(C)cc2)c2ccc(C3(c4ccc(N(c5ccc(C)cc5)c5ccc(C)cc5)cc4)CCCCC3)cc2)cc1.Cc1cccc(N(c2ccccc2)c2cc(C)c(N(c3cc(C)c(N(c4ccccc4)c4cccc(C)c4)cc3C)c3cc(C)c(N(c4ccccc4)c4cccc(C)c4)cc3C)cc2C)c1. The van der Waals surface area contributed by atoms with E-state index < -0.39 is 0 Å². The summed E-state index contributed by atoms with van der Waals surface area (Å²) >= 11 is 0. The van der Waals surface area contributed by atoms with Crippen molar-refractivity contribution in [1.82, 2.24) is 0 Å². The van der Waals surface area contributed by atoms with E-state index in [4.69, 9.17) is 0 Å². The molecule has 15 aromatic rings. The van der Waals surface area contributed by atoms with Crippen LogP contribution in [0, 0.1) is 90.0 Å². The van der Waals surface area contributed by atoms with Crippen LogP contribution in [0.15, 0.2) is 346 Å². The minimum absolute atomic E-state index is 0.00636. The van der Waals surface area contributed by atoms with Crippen molar-refractivity contribution in [1.29, 1.82) is 0 Å². The van der Waals surface area contributed by atoms with Gasteiger partial charge in [-0.2, -0.15) is 0 Å². The minimum atomic E-state index is 0.00636. The Labute approximate surface area is 684 Å². The smallest absolute Gasteiger partial charge is 0.0495 e. The van der Waals surface area contributed by atoms with Crippen LogP contribution in [0.2, 0.25) is 0 Å². The van der Waals surface area contributed by atoms with Gasteiger partial charge in [-0.25, -0.2) is 0 Å². The zero-order chi connectivity index (χ0) is 79.9. The highest BCUT2D eigenvalue weighted by atomic mass is 15.2. The molecular weight excluding hydrogens is 1390 g/mol. The summed E-state index contributed by atoms with van der Waals surface area (Å²) in [5, 5.41) is 0. The molecule has 0 bridgehead atoms. The van der Waals surface area contributed by atoms with Gasteiger partial charge in [0.15, 0.2) is 0 Å². The van der Waals surface area contributed by atoms with Gasteiger partial charge in [-0.05, 0) is 346 Å². The Hall–Kier alpha value is -12.9. The van der Waals surface area contributed by atoms with Crippen LogP contribution < -0.4 is 29.4 Å². The summed E-state index contributed by atoms with van der Waals surface area (Å²) in [5.41, 5.74) is 39.3. The van der Waals surface area contributed by atoms with Crippen LogP contribution in [0.5, 0.6) is 0 Å². The van der Waals surface area contributed by atoms with Crippen LogP contribution in [0.3, 0.4) is 0 Å². The fraction of sp³-hybridized carbons (Fsp3) is 0.174. The lowest BCUT2D eigenvalue weighted by Crippen LogP contribution is -2.30. The average Bonchev–Trinajstić information content (AvgIpc) is 0.751. The highest BCUT2D eigenvalue weighted by Gasteiger charge is 2.37. The standard InChI is InChI=1S/C63H60N4.C46H46N2/c1-43-22-19-31-55(34-43)64(52-25-13-10-14-26-52)58-37-49(7)61(40-46(58)4)67(62-41-47(5)59(38-50(62)8)65(53-27-15-11-16-28-53)56-32-20-23-44(2)35-56)63-42-48(6)60(39-51(63)9)66(54-29-17-12-18-30-54)57-33-21-24-45(3)36-57;1-34-8-20-40(21-9-34)47(41-22-10-35(2)11-23-41)44-28-16-38(17-29-44)46(32-6-5-7-33-46)39-18-30-45(31-19-39)48(42-24-12-36(3)13-25-42)43-26-14-37(4)15-27-43/h10-42H,1-9H3;8-31H,5-7,32-33H2,1-4H3. The van der Waals surface area contributed by atoms with Gasteiger partial charge in [0, 0.05) is 108 Å². The highest BCUT2D eigenvalue weighted by molar-refractivity contribution is 5.91. The van der Waals surface area contributed by atoms with Crippen molar-refractivity contribution in [2.45, 2.75) is 128 Å². The van der Waals surface area contributed by atoms with E-state index in [9.17, 15) is 0 Å². The summed E-state index contributed by atoms with van der Waals surface area (Å²) < 4.78 is 0. The molecule has 0 saturated heterocycles. The normalized spacial score (nSPS) is 12.3. The Balaban J connectivity index is 0.000000191. The van der Waals surface area contributed by atoms with Crippen LogP contribution in [0.1, 0.15) is 116 Å².